The van der Waals surface area contributed by atoms with Gasteiger partial charge < -0.3 is 9.47 Å². The zero-order chi connectivity index (χ0) is 16.7. The van der Waals surface area contributed by atoms with Crippen LogP contribution in [0.4, 0.5) is 0 Å². The summed E-state index contributed by atoms with van der Waals surface area (Å²) in [5.74, 6) is 6.01. The SMILES string of the molecule is CCOC(C#Cc1cccc(Cn2sc(Cl)cc2=O)c1)OCC. The number of hydrogen-bond donors (Lipinski definition) is 0. The smallest absolute Gasteiger partial charge is 0.262 e. The predicted octanol–water partition coefficient (Wildman–Crippen LogP) is 3.36. The van der Waals surface area contributed by atoms with Gasteiger partial charge in [0.15, 0.2) is 0 Å². The standard InChI is InChI=1S/C17H18ClNO3S/c1-3-21-17(22-4-2)9-8-13-6-5-7-14(10-13)12-19-16(20)11-15(18)23-19/h5-7,10-11,17H,3-4,12H2,1-2H3. The molecule has 0 fully saturated rings. The van der Waals surface area contributed by atoms with Crippen LogP contribution in [0.5, 0.6) is 0 Å². The maximum atomic E-state index is 11.7. The molecule has 0 N–H and O–H groups in total. The molecule has 0 aliphatic carbocycles. The molecule has 0 spiro atoms. The maximum absolute atomic E-state index is 11.7. The molecule has 0 amide bonds. The number of aromatic nitrogens is 1. The van der Waals surface area contributed by atoms with Gasteiger partial charge in [0.05, 0.1) is 6.54 Å². The van der Waals surface area contributed by atoms with Crippen molar-refractivity contribution < 1.29 is 9.47 Å². The number of hydrogen-bond acceptors (Lipinski definition) is 4. The third kappa shape index (κ3) is 5.52. The van der Waals surface area contributed by atoms with Crippen LogP contribution in [-0.2, 0) is 16.0 Å². The fourth-order valence-electron chi connectivity index (χ4n) is 1.95. The van der Waals surface area contributed by atoms with Crippen LogP contribution < -0.4 is 5.56 Å². The fourth-order valence-corrected chi connectivity index (χ4v) is 3.01. The van der Waals surface area contributed by atoms with Gasteiger partial charge in [-0.2, -0.15) is 0 Å². The summed E-state index contributed by atoms with van der Waals surface area (Å²) in [5.41, 5.74) is 1.74. The number of ether oxygens (including phenoxy) is 2. The van der Waals surface area contributed by atoms with Gasteiger partial charge in [0, 0.05) is 24.8 Å². The lowest BCUT2D eigenvalue weighted by Gasteiger charge is -2.09. The van der Waals surface area contributed by atoms with Crippen molar-refractivity contribution in [1.29, 1.82) is 0 Å². The highest BCUT2D eigenvalue weighted by Crippen LogP contribution is 2.14. The zero-order valence-corrected chi connectivity index (χ0v) is 14.6. The van der Waals surface area contributed by atoms with E-state index >= 15 is 0 Å². The summed E-state index contributed by atoms with van der Waals surface area (Å²) in [6, 6.07) is 9.14. The van der Waals surface area contributed by atoms with Gasteiger partial charge in [-0.1, -0.05) is 29.7 Å². The van der Waals surface area contributed by atoms with E-state index in [2.05, 4.69) is 11.8 Å². The fraction of sp³-hybridized carbons (Fsp3) is 0.353. The second-order valence-corrected chi connectivity index (χ2v) is 6.32. The van der Waals surface area contributed by atoms with Crippen molar-refractivity contribution in [3.8, 4) is 11.8 Å². The van der Waals surface area contributed by atoms with E-state index in [0.717, 1.165) is 11.1 Å². The first-order valence-corrected chi connectivity index (χ1v) is 8.47. The molecular weight excluding hydrogens is 334 g/mol. The van der Waals surface area contributed by atoms with Gasteiger partial charge in [-0.05, 0) is 49.0 Å². The Morgan fingerprint density at radius 2 is 2.00 bits per heavy atom. The van der Waals surface area contributed by atoms with Gasteiger partial charge in [0.1, 0.15) is 4.34 Å². The van der Waals surface area contributed by atoms with E-state index in [4.69, 9.17) is 21.1 Å². The minimum atomic E-state index is -0.521. The highest BCUT2D eigenvalue weighted by Gasteiger charge is 2.04. The molecule has 1 aromatic carbocycles. The van der Waals surface area contributed by atoms with Gasteiger partial charge in [0.2, 0.25) is 6.29 Å². The minimum absolute atomic E-state index is 0.0933. The predicted molar refractivity (Wildman–Crippen MR) is 93.1 cm³/mol. The summed E-state index contributed by atoms with van der Waals surface area (Å²) in [6.07, 6.45) is -0.521. The average molecular weight is 352 g/mol. The van der Waals surface area contributed by atoms with Crippen LogP contribution in [0.15, 0.2) is 35.1 Å². The lowest BCUT2D eigenvalue weighted by molar-refractivity contribution is -0.0969. The van der Waals surface area contributed by atoms with Crippen molar-refractivity contribution >= 4 is 23.1 Å². The Bertz CT molecular complexity index is 751. The largest absolute Gasteiger partial charge is 0.342 e. The van der Waals surface area contributed by atoms with E-state index in [1.807, 2.05) is 38.1 Å². The number of nitrogens with zero attached hydrogens (tertiary/aromatic N) is 1. The molecule has 0 aliphatic rings. The van der Waals surface area contributed by atoms with Crippen LogP contribution in [0.1, 0.15) is 25.0 Å². The first-order valence-electron chi connectivity index (χ1n) is 7.32. The topological polar surface area (TPSA) is 40.5 Å². The Balaban J connectivity index is 2.13. The molecule has 0 radical (unpaired) electrons. The molecule has 122 valence electrons. The molecule has 1 aromatic heterocycles. The monoisotopic (exact) mass is 351 g/mol. The number of benzene rings is 1. The first-order chi connectivity index (χ1) is 11.1. The van der Waals surface area contributed by atoms with E-state index in [-0.39, 0.29) is 5.56 Å². The van der Waals surface area contributed by atoms with Crippen LogP contribution in [0.2, 0.25) is 4.34 Å². The Morgan fingerprint density at radius 1 is 1.26 bits per heavy atom. The summed E-state index contributed by atoms with van der Waals surface area (Å²) in [4.78, 5) is 11.7. The van der Waals surface area contributed by atoms with Crippen molar-refractivity contribution in [1.82, 2.24) is 3.96 Å². The second kappa shape index (κ2) is 8.90. The van der Waals surface area contributed by atoms with Gasteiger partial charge in [-0.15, -0.1) is 0 Å². The Hall–Kier alpha value is -1.58. The molecule has 0 aliphatic heterocycles. The van der Waals surface area contributed by atoms with Crippen molar-refractivity contribution in [2.24, 2.45) is 0 Å². The van der Waals surface area contributed by atoms with Crippen LogP contribution in [-0.4, -0.2) is 23.5 Å². The Labute approximate surface area is 144 Å². The summed E-state index contributed by atoms with van der Waals surface area (Å²) in [6.45, 7) is 5.37. The molecule has 0 bridgehead atoms. The molecule has 0 saturated heterocycles. The van der Waals surface area contributed by atoms with E-state index in [1.54, 1.807) is 3.96 Å². The van der Waals surface area contributed by atoms with Gasteiger partial charge in [-0.25, -0.2) is 0 Å². The molecule has 23 heavy (non-hydrogen) atoms. The first kappa shape index (κ1) is 17.8. The van der Waals surface area contributed by atoms with Gasteiger partial charge >= 0.3 is 0 Å². The zero-order valence-electron chi connectivity index (χ0n) is 13.0. The Kier molecular flexibility index (Phi) is 6.87. The van der Waals surface area contributed by atoms with Crippen LogP contribution in [0, 0.1) is 11.8 Å². The van der Waals surface area contributed by atoms with Crippen LogP contribution in [0.25, 0.3) is 0 Å². The quantitative estimate of drug-likeness (QED) is 0.592. The third-order valence-electron chi connectivity index (χ3n) is 2.90. The highest BCUT2D eigenvalue weighted by molar-refractivity contribution is 7.11. The van der Waals surface area contributed by atoms with Crippen molar-refractivity contribution in [3.05, 3.63) is 56.1 Å². The third-order valence-corrected chi connectivity index (χ3v) is 4.04. The summed E-state index contributed by atoms with van der Waals surface area (Å²) >= 11 is 7.09. The molecule has 0 saturated carbocycles. The van der Waals surface area contributed by atoms with Crippen molar-refractivity contribution in [3.63, 3.8) is 0 Å². The highest BCUT2D eigenvalue weighted by atomic mass is 35.5. The summed E-state index contributed by atoms with van der Waals surface area (Å²) in [5, 5.41) is 0. The van der Waals surface area contributed by atoms with Crippen LogP contribution >= 0.6 is 23.1 Å². The summed E-state index contributed by atoms with van der Waals surface area (Å²) in [7, 11) is 0. The molecule has 6 heteroatoms. The second-order valence-electron chi connectivity index (χ2n) is 4.63. The molecule has 0 unspecified atom stereocenters. The molecule has 1 heterocycles. The molecular formula is C17H18ClNO3S. The normalized spacial score (nSPS) is 10.6. The lowest BCUT2D eigenvalue weighted by Crippen LogP contribution is -2.14. The van der Waals surface area contributed by atoms with Gasteiger partial charge in [-0.3, -0.25) is 8.75 Å². The number of rotatable bonds is 6. The molecule has 0 atom stereocenters. The van der Waals surface area contributed by atoms with Crippen LogP contribution in [0.3, 0.4) is 0 Å². The van der Waals surface area contributed by atoms with E-state index in [1.165, 1.54) is 17.6 Å². The lowest BCUT2D eigenvalue weighted by atomic mass is 10.1. The number of halogens is 1. The Morgan fingerprint density at radius 3 is 2.61 bits per heavy atom. The van der Waals surface area contributed by atoms with Gasteiger partial charge in [0.25, 0.3) is 5.56 Å². The van der Waals surface area contributed by atoms with E-state index in [9.17, 15) is 4.79 Å². The van der Waals surface area contributed by atoms with Crippen molar-refractivity contribution in [2.45, 2.75) is 26.7 Å². The molecule has 4 nitrogen and oxygen atoms in total. The molecule has 2 rings (SSSR count). The minimum Gasteiger partial charge on any atom is -0.342 e. The average Bonchev–Trinajstić information content (AvgIpc) is 2.83. The maximum Gasteiger partial charge on any atom is 0.262 e. The molecule has 2 aromatic rings. The van der Waals surface area contributed by atoms with E-state index < -0.39 is 6.29 Å². The summed E-state index contributed by atoms with van der Waals surface area (Å²) < 4.78 is 12.9. The van der Waals surface area contributed by atoms with Crippen molar-refractivity contribution in [2.75, 3.05) is 13.2 Å². The van der Waals surface area contributed by atoms with E-state index in [0.29, 0.717) is 24.1 Å².